The highest BCUT2D eigenvalue weighted by Crippen LogP contribution is 2.25. The number of hydrogen-bond acceptors (Lipinski definition) is 4. The number of nitrogens with zero attached hydrogens (tertiary/aromatic N) is 2. The van der Waals surface area contributed by atoms with E-state index >= 15 is 0 Å². The van der Waals surface area contributed by atoms with Crippen LogP contribution in [-0.2, 0) is 6.54 Å². The van der Waals surface area contributed by atoms with Crippen LogP contribution in [0.1, 0.15) is 12.6 Å². The molecule has 0 spiro atoms. The fourth-order valence-corrected chi connectivity index (χ4v) is 2.58. The zero-order valence-electron chi connectivity index (χ0n) is 10.6. The minimum Gasteiger partial charge on any atom is -0.444 e. The summed E-state index contributed by atoms with van der Waals surface area (Å²) < 4.78 is 5.47. The minimum absolute atomic E-state index is 0.556. The van der Waals surface area contributed by atoms with E-state index in [9.17, 15) is 5.11 Å². The van der Waals surface area contributed by atoms with E-state index in [2.05, 4.69) is 9.88 Å². The standard InChI is InChI=1S/C14H15ClN2O2/c1-14(18)8-17(9-14)6-12-7-19-13(16-12)10-3-2-4-11(15)5-10/h2-5,7,18H,6,8-9H2,1H3. The zero-order valence-corrected chi connectivity index (χ0v) is 11.4. The highest BCUT2D eigenvalue weighted by Gasteiger charge is 2.36. The monoisotopic (exact) mass is 278 g/mol. The lowest BCUT2D eigenvalue weighted by atomic mass is 9.97. The fraction of sp³-hybridized carbons (Fsp3) is 0.357. The molecular weight excluding hydrogens is 264 g/mol. The molecule has 5 heteroatoms. The Hall–Kier alpha value is -1.36. The second-order valence-electron chi connectivity index (χ2n) is 5.30. The maximum atomic E-state index is 9.68. The van der Waals surface area contributed by atoms with Gasteiger partial charge in [-0.15, -0.1) is 0 Å². The largest absolute Gasteiger partial charge is 0.444 e. The molecule has 0 atom stereocenters. The Bertz CT molecular complexity index is 587. The van der Waals surface area contributed by atoms with Gasteiger partial charge < -0.3 is 9.52 Å². The van der Waals surface area contributed by atoms with Crippen molar-refractivity contribution in [1.29, 1.82) is 0 Å². The molecule has 3 rings (SSSR count). The van der Waals surface area contributed by atoms with Crippen LogP contribution < -0.4 is 0 Å². The summed E-state index contributed by atoms with van der Waals surface area (Å²) in [4.78, 5) is 6.57. The highest BCUT2D eigenvalue weighted by molar-refractivity contribution is 6.30. The van der Waals surface area contributed by atoms with Crippen molar-refractivity contribution < 1.29 is 9.52 Å². The van der Waals surface area contributed by atoms with Crippen molar-refractivity contribution in [3.63, 3.8) is 0 Å². The SMILES string of the molecule is CC1(O)CN(Cc2coc(-c3cccc(Cl)c3)n2)C1. The van der Waals surface area contributed by atoms with Crippen LogP contribution in [0.3, 0.4) is 0 Å². The number of aliphatic hydroxyl groups is 1. The first kappa shape index (κ1) is 12.7. The average molecular weight is 279 g/mol. The third-order valence-electron chi connectivity index (χ3n) is 3.14. The number of β-amino-alcohol motifs (C(OH)–C–C–N with tert-alkyl or cyclic N) is 1. The van der Waals surface area contributed by atoms with Gasteiger partial charge in [-0.3, -0.25) is 4.90 Å². The molecule has 1 saturated heterocycles. The smallest absolute Gasteiger partial charge is 0.226 e. The zero-order chi connectivity index (χ0) is 13.5. The quantitative estimate of drug-likeness (QED) is 0.937. The summed E-state index contributed by atoms with van der Waals surface area (Å²) in [5, 5.41) is 10.3. The van der Waals surface area contributed by atoms with Gasteiger partial charge in [0, 0.05) is 30.2 Å². The van der Waals surface area contributed by atoms with Crippen LogP contribution in [0.25, 0.3) is 11.5 Å². The first-order chi connectivity index (χ1) is 9.02. The van der Waals surface area contributed by atoms with Gasteiger partial charge in [0.05, 0.1) is 11.3 Å². The molecule has 19 heavy (non-hydrogen) atoms. The van der Waals surface area contributed by atoms with Crippen LogP contribution in [0.5, 0.6) is 0 Å². The molecule has 1 aromatic carbocycles. The van der Waals surface area contributed by atoms with Crippen LogP contribution in [-0.4, -0.2) is 33.7 Å². The summed E-state index contributed by atoms with van der Waals surface area (Å²) in [6.07, 6.45) is 1.66. The predicted octanol–water partition coefficient (Wildman–Crippen LogP) is 2.56. The lowest BCUT2D eigenvalue weighted by molar-refractivity contribution is -0.0875. The van der Waals surface area contributed by atoms with E-state index in [0.717, 1.165) is 11.3 Å². The van der Waals surface area contributed by atoms with E-state index in [1.165, 1.54) is 0 Å². The molecule has 0 aliphatic carbocycles. The first-order valence-electron chi connectivity index (χ1n) is 6.17. The van der Waals surface area contributed by atoms with Crippen molar-refractivity contribution in [1.82, 2.24) is 9.88 Å². The van der Waals surface area contributed by atoms with Crippen molar-refractivity contribution >= 4 is 11.6 Å². The summed E-state index contributed by atoms with van der Waals surface area (Å²) >= 11 is 5.94. The van der Waals surface area contributed by atoms with Crippen LogP contribution in [0, 0.1) is 0 Å². The molecule has 1 fully saturated rings. The molecule has 0 unspecified atom stereocenters. The molecule has 0 saturated carbocycles. The van der Waals surface area contributed by atoms with Crippen molar-refractivity contribution in [3.05, 3.63) is 41.2 Å². The van der Waals surface area contributed by atoms with Gasteiger partial charge in [-0.1, -0.05) is 17.7 Å². The van der Waals surface area contributed by atoms with E-state index in [-0.39, 0.29) is 0 Å². The van der Waals surface area contributed by atoms with Gasteiger partial charge in [-0.05, 0) is 25.1 Å². The Morgan fingerprint density at radius 1 is 1.47 bits per heavy atom. The maximum Gasteiger partial charge on any atom is 0.226 e. The number of benzene rings is 1. The Kier molecular flexibility index (Phi) is 3.09. The van der Waals surface area contributed by atoms with E-state index in [1.54, 1.807) is 6.26 Å². The number of hydrogen-bond donors (Lipinski definition) is 1. The van der Waals surface area contributed by atoms with Crippen molar-refractivity contribution in [2.45, 2.75) is 19.1 Å². The molecule has 1 aliphatic rings. The van der Waals surface area contributed by atoms with Crippen LogP contribution in [0.2, 0.25) is 5.02 Å². The molecule has 4 nitrogen and oxygen atoms in total. The van der Waals surface area contributed by atoms with Gasteiger partial charge in [0.15, 0.2) is 0 Å². The van der Waals surface area contributed by atoms with Crippen LogP contribution in [0.4, 0.5) is 0 Å². The Morgan fingerprint density at radius 3 is 2.95 bits per heavy atom. The van der Waals surface area contributed by atoms with E-state index < -0.39 is 5.60 Å². The van der Waals surface area contributed by atoms with Crippen molar-refractivity contribution in [3.8, 4) is 11.5 Å². The van der Waals surface area contributed by atoms with E-state index in [1.807, 2.05) is 31.2 Å². The van der Waals surface area contributed by atoms with Gasteiger partial charge in [-0.2, -0.15) is 0 Å². The summed E-state index contributed by atoms with van der Waals surface area (Å²) in [7, 11) is 0. The second kappa shape index (κ2) is 4.63. The number of likely N-dealkylation sites (tertiary alicyclic amines) is 1. The molecular formula is C14H15ClN2O2. The summed E-state index contributed by atoms with van der Waals surface area (Å²) in [6, 6.07) is 7.42. The Balaban J connectivity index is 1.70. The summed E-state index contributed by atoms with van der Waals surface area (Å²) in [5.74, 6) is 0.574. The predicted molar refractivity (Wildman–Crippen MR) is 72.8 cm³/mol. The van der Waals surface area contributed by atoms with Gasteiger partial charge in [0.2, 0.25) is 5.89 Å². The number of halogens is 1. The molecule has 0 amide bonds. The fourth-order valence-electron chi connectivity index (χ4n) is 2.39. The number of aromatic nitrogens is 1. The average Bonchev–Trinajstić information content (AvgIpc) is 2.75. The molecule has 0 bridgehead atoms. The van der Waals surface area contributed by atoms with Gasteiger partial charge in [0.1, 0.15) is 6.26 Å². The molecule has 0 radical (unpaired) electrons. The van der Waals surface area contributed by atoms with Gasteiger partial charge >= 0.3 is 0 Å². The Morgan fingerprint density at radius 2 is 2.26 bits per heavy atom. The van der Waals surface area contributed by atoms with Crippen molar-refractivity contribution in [2.24, 2.45) is 0 Å². The topological polar surface area (TPSA) is 49.5 Å². The lowest BCUT2D eigenvalue weighted by Crippen LogP contribution is -2.59. The molecule has 2 heterocycles. The van der Waals surface area contributed by atoms with Gasteiger partial charge in [-0.25, -0.2) is 4.98 Å². The highest BCUT2D eigenvalue weighted by atomic mass is 35.5. The summed E-state index contributed by atoms with van der Waals surface area (Å²) in [6.45, 7) is 3.88. The summed E-state index contributed by atoms with van der Waals surface area (Å²) in [5.41, 5.74) is 1.18. The van der Waals surface area contributed by atoms with Crippen molar-refractivity contribution in [2.75, 3.05) is 13.1 Å². The second-order valence-corrected chi connectivity index (χ2v) is 5.73. The van der Waals surface area contributed by atoms with E-state index in [4.69, 9.17) is 16.0 Å². The molecule has 1 aliphatic heterocycles. The first-order valence-corrected chi connectivity index (χ1v) is 6.55. The number of oxazole rings is 1. The van der Waals surface area contributed by atoms with Gasteiger partial charge in [0.25, 0.3) is 0 Å². The van der Waals surface area contributed by atoms with E-state index in [0.29, 0.717) is 30.5 Å². The Labute approximate surface area is 116 Å². The third-order valence-corrected chi connectivity index (χ3v) is 3.37. The molecule has 1 N–H and O–H groups in total. The molecule has 100 valence electrons. The minimum atomic E-state index is -0.556. The normalized spacial score (nSPS) is 18.3. The molecule has 1 aromatic heterocycles. The van der Waals surface area contributed by atoms with Crippen LogP contribution >= 0.6 is 11.6 Å². The molecule has 2 aromatic rings. The third kappa shape index (κ3) is 2.81. The maximum absolute atomic E-state index is 9.68. The number of rotatable bonds is 3. The lowest BCUT2D eigenvalue weighted by Gasteiger charge is -2.43. The van der Waals surface area contributed by atoms with Crippen LogP contribution in [0.15, 0.2) is 34.9 Å².